The van der Waals surface area contributed by atoms with Crippen molar-refractivity contribution < 1.29 is 14.3 Å². The summed E-state index contributed by atoms with van der Waals surface area (Å²) in [5.41, 5.74) is 7.76. The van der Waals surface area contributed by atoms with E-state index < -0.39 is 11.7 Å². The lowest BCUT2D eigenvalue weighted by Crippen LogP contribution is -2.36. The van der Waals surface area contributed by atoms with Crippen LogP contribution in [-0.4, -0.2) is 24.8 Å². The number of alkyl carbamates (subject to hydrolysis) is 1. The minimum atomic E-state index is -0.501. The maximum Gasteiger partial charge on any atom is 0.407 e. The molecule has 5 nitrogen and oxygen atoms in total. The van der Waals surface area contributed by atoms with Crippen LogP contribution < -0.4 is 15.8 Å². The summed E-state index contributed by atoms with van der Waals surface area (Å²) in [4.78, 5) is 11.6. The van der Waals surface area contributed by atoms with Crippen molar-refractivity contribution in [1.82, 2.24) is 5.32 Å². The number of carbonyl (C=O) groups is 1. The van der Waals surface area contributed by atoms with Crippen molar-refractivity contribution in [2.75, 3.05) is 13.2 Å². The van der Waals surface area contributed by atoms with Gasteiger partial charge in [-0.1, -0.05) is 12.1 Å². The van der Waals surface area contributed by atoms with E-state index in [0.717, 1.165) is 24.3 Å². The Balaban J connectivity index is 1.89. The molecule has 0 aromatic heterocycles. The number of rotatable bonds is 3. The van der Waals surface area contributed by atoms with Crippen molar-refractivity contribution in [3.8, 4) is 5.75 Å². The molecule has 0 saturated heterocycles. The van der Waals surface area contributed by atoms with Gasteiger partial charge in [0.1, 0.15) is 11.4 Å². The summed E-state index contributed by atoms with van der Waals surface area (Å²) >= 11 is 0. The second kappa shape index (κ2) is 5.71. The van der Waals surface area contributed by atoms with Crippen LogP contribution in [0.3, 0.4) is 0 Å². The Kier molecular flexibility index (Phi) is 4.18. The van der Waals surface area contributed by atoms with Crippen LogP contribution in [-0.2, 0) is 11.2 Å². The minimum absolute atomic E-state index is 0.256. The Morgan fingerprint density at radius 1 is 1.50 bits per heavy atom. The number of ether oxygens (including phenoxy) is 2. The van der Waals surface area contributed by atoms with Crippen molar-refractivity contribution in [2.24, 2.45) is 5.73 Å². The molecule has 0 aliphatic carbocycles. The summed E-state index contributed by atoms with van der Waals surface area (Å²) in [6.07, 6.45) is 0.465. The van der Waals surface area contributed by atoms with Gasteiger partial charge in [-0.2, -0.15) is 0 Å². The van der Waals surface area contributed by atoms with Crippen LogP contribution in [0.5, 0.6) is 5.75 Å². The van der Waals surface area contributed by atoms with Gasteiger partial charge < -0.3 is 20.5 Å². The average molecular weight is 278 g/mol. The van der Waals surface area contributed by atoms with E-state index in [1.54, 1.807) is 0 Å². The molecule has 1 aliphatic heterocycles. The van der Waals surface area contributed by atoms with Crippen LogP contribution in [0.4, 0.5) is 4.79 Å². The molecule has 110 valence electrons. The highest BCUT2D eigenvalue weighted by Gasteiger charge is 2.18. The van der Waals surface area contributed by atoms with E-state index in [-0.39, 0.29) is 6.04 Å². The summed E-state index contributed by atoms with van der Waals surface area (Å²) < 4.78 is 10.6. The highest BCUT2D eigenvalue weighted by atomic mass is 16.6. The topological polar surface area (TPSA) is 73.6 Å². The van der Waals surface area contributed by atoms with E-state index in [4.69, 9.17) is 15.2 Å². The third-order valence-corrected chi connectivity index (χ3v) is 3.01. The number of nitrogens with one attached hydrogen (secondary N) is 1. The van der Waals surface area contributed by atoms with Gasteiger partial charge in [0.15, 0.2) is 0 Å². The lowest BCUT2D eigenvalue weighted by molar-refractivity contribution is 0.0524. The number of nitrogens with two attached hydrogens (primary N) is 1. The van der Waals surface area contributed by atoms with Crippen LogP contribution in [0, 0.1) is 0 Å². The van der Waals surface area contributed by atoms with Gasteiger partial charge in [-0.3, -0.25) is 0 Å². The first kappa shape index (κ1) is 14.7. The van der Waals surface area contributed by atoms with E-state index >= 15 is 0 Å². The quantitative estimate of drug-likeness (QED) is 0.888. The fourth-order valence-electron chi connectivity index (χ4n) is 2.06. The average Bonchev–Trinajstić information content (AvgIpc) is 2.80. The second-order valence-corrected chi connectivity index (χ2v) is 5.95. The predicted octanol–water partition coefficient (Wildman–Crippen LogP) is 2.15. The van der Waals surface area contributed by atoms with Crippen molar-refractivity contribution >= 4 is 6.09 Å². The van der Waals surface area contributed by atoms with Crippen LogP contribution in [0.25, 0.3) is 0 Å². The Bertz CT molecular complexity index is 494. The van der Waals surface area contributed by atoms with Crippen LogP contribution in [0.15, 0.2) is 18.2 Å². The molecule has 1 unspecified atom stereocenters. The molecule has 1 aromatic carbocycles. The summed E-state index contributed by atoms with van der Waals surface area (Å²) in [6, 6.07) is 5.66. The van der Waals surface area contributed by atoms with Gasteiger partial charge in [-0.25, -0.2) is 4.79 Å². The molecule has 1 aliphatic rings. The molecule has 1 atom stereocenters. The van der Waals surface area contributed by atoms with Crippen molar-refractivity contribution in [3.63, 3.8) is 0 Å². The predicted molar refractivity (Wildman–Crippen MR) is 76.8 cm³/mol. The number of carbonyl (C=O) groups excluding carboxylic acids is 1. The molecule has 0 radical (unpaired) electrons. The smallest absolute Gasteiger partial charge is 0.407 e. The lowest BCUT2D eigenvalue weighted by atomic mass is 10.0. The molecule has 3 N–H and O–H groups in total. The zero-order valence-electron chi connectivity index (χ0n) is 12.2. The van der Waals surface area contributed by atoms with Gasteiger partial charge in [-0.15, -0.1) is 0 Å². The van der Waals surface area contributed by atoms with Crippen LogP contribution in [0.1, 0.15) is 37.9 Å². The summed E-state index contributed by atoms with van der Waals surface area (Å²) in [7, 11) is 0. The van der Waals surface area contributed by atoms with E-state index in [1.165, 1.54) is 5.56 Å². The third-order valence-electron chi connectivity index (χ3n) is 3.01. The first-order valence-corrected chi connectivity index (χ1v) is 6.83. The third kappa shape index (κ3) is 3.87. The van der Waals surface area contributed by atoms with E-state index in [2.05, 4.69) is 5.32 Å². The van der Waals surface area contributed by atoms with E-state index in [0.29, 0.717) is 6.54 Å². The van der Waals surface area contributed by atoms with E-state index in [9.17, 15) is 4.79 Å². The number of benzene rings is 1. The molecule has 0 fully saturated rings. The van der Waals surface area contributed by atoms with Crippen molar-refractivity contribution in [3.05, 3.63) is 29.3 Å². The highest BCUT2D eigenvalue weighted by Crippen LogP contribution is 2.27. The van der Waals surface area contributed by atoms with Crippen LogP contribution in [0.2, 0.25) is 0 Å². The first-order chi connectivity index (χ1) is 9.35. The molecule has 0 spiro atoms. The summed E-state index contributed by atoms with van der Waals surface area (Å²) in [5.74, 6) is 0.932. The largest absolute Gasteiger partial charge is 0.493 e. The van der Waals surface area contributed by atoms with E-state index in [1.807, 2.05) is 39.0 Å². The standard InChI is InChI=1S/C15H22N2O3/c1-15(2,3)20-14(18)17-9-12(16)10-4-5-13-11(8-10)6-7-19-13/h4-5,8,12H,6-7,9,16H2,1-3H3,(H,17,18). The Morgan fingerprint density at radius 3 is 2.95 bits per heavy atom. The monoisotopic (exact) mass is 278 g/mol. The van der Waals surface area contributed by atoms with Crippen LogP contribution >= 0.6 is 0 Å². The number of amides is 1. The zero-order chi connectivity index (χ0) is 14.8. The fraction of sp³-hybridized carbons (Fsp3) is 0.533. The summed E-state index contributed by atoms with van der Waals surface area (Å²) in [5, 5.41) is 2.69. The molecule has 0 bridgehead atoms. The lowest BCUT2D eigenvalue weighted by Gasteiger charge is -2.21. The van der Waals surface area contributed by atoms with Gasteiger partial charge in [-0.05, 0) is 38.0 Å². The Morgan fingerprint density at radius 2 is 2.25 bits per heavy atom. The van der Waals surface area contributed by atoms with Crippen molar-refractivity contribution in [1.29, 1.82) is 0 Å². The normalized spacial score (nSPS) is 15.2. The Hall–Kier alpha value is -1.75. The van der Waals surface area contributed by atoms with Gasteiger partial charge in [0.25, 0.3) is 0 Å². The molecule has 2 rings (SSSR count). The number of hydrogen-bond acceptors (Lipinski definition) is 4. The molecule has 1 aromatic rings. The van der Waals surface area contributed by atoms with Crippen molar-refractivity contribution in [2.45, 2.75) is 38.8 Å². The van der Waals surface area contributed by atoms with Gasteiger partial charge in [0.2, 0.25) is 0 Å². The van der Waals surface area contributed by atoms with Gasteiger partial charge >= 0.3 is 6.09 Å². The molecule has 0 saturated carbocycles. The molecule has 1 amide bonds. The number of fused-ring (bicyclic) bond motifs is 1. The SMILES string of the molecule is CC(C)(C)OC(=O)NCC(N)c1ccc2c(c1)CCO2. The molecule has 20 heavy (non-hydrogen) atoms. The van der Waals surface area contributed by atoms with Gasteiger partial charge in [0.05, 0.1) is 6.61 Å². The molecular formula is C15H22N2O3. The Labute approximate surface area is 119 Å². The number of hydrogen-bond donors (Lipinski definition) is 2. The molecule has 5 heteroatoms. The maximum atomic E-state index is 11.6. The maximum absolute atomic E-state index is 11.6. The molecular weight excluding hydrogens is 256 g/mol. The molecule has 1 heterocycles. The fourth-order valence-corrected chi connectivity index (χ4v) is 2.06. The second-order valence-electron chi connectivity index (χ2n) is 5.95. The highest BCUT2D eigenvalue weighted by molar-refractivity contribution is 5.67. The van der Waals surface area contributed by atoms with Gasteiger partial charge in [0, 0.05) is 19.0 Å². The minimum Gasteiger partial charge on any atom is -0.493 e. The first-order valence-electron chi connectivity index (χ1n) is 6.83. The summed E-state index contributed by atoms with van der Waals surface area (Å²) in [6.45, 7) is 6.55. The zero-order valence-corrected chi connectivity index (χ0v) is 12.2.